The third kappa shape index (κ3) is 2.51. The minimum absolute atomic E-state index is 0.322. The molecule has 110 valence electrons. The minimum atomic E-state index is 0.322. The van der Waals surface area contributed by atoms with E-state index in [0.717, 1.165) is 24.6 Å². The highest BCUT2D eigenvalue weighted by Crippen LogP contribution is 2.32. The molecule has 0 radical (unpaired) electrons. The molecule has 0 amide bonds. The van der Waals surface area contributed by atoms with Crippen LogP contribution in [0.1, 0.15) is 11.1 Å². The van der Waals surface area contributed by atoms with Crippen LogP contribution < -0.4 is 14.8 Å². The summed E-state index contributed by atoms with van der Waals surface area (Å²) in [6.45, 7) is 1.97. The summed E-state index contributed by atoms with van der Waals surface area (Å²) in [5, 5.41) is 6.10. The van der Waals surface area contributed by atoms with Gasteiger partial charge in [0, 0.05) is 13.1 Å². The van der Waals surface area contributed by atoms with Crippen LogP contribution in [0.25, 0.3) is 10.8 Å². The molecule has 0 atom stereocenters. The Bertz CT molecular complexity index is 808. The molecule has 1 aliphatic heterocycles. The SMILES string of the molecule is c1ccc2c(CNCc3ccc4c(c3)OCO4)cccc2c1. The Morgan fingerprint density at radius 3 is 2.68 bits per heavy atom. The molecule has 3 nitrogen and oxygen atoms in total. The van der Waals surface area contributed by atoms with Crippen LogP contribution in [0.5, 0.6) is 11.5 Å². The first-order valence-electron chi connectivity index (χ1n) is 7.46. The topological polar surface area (TPSA) is 30.5 Å². The van der Waals surface area contributed by atoms with E-state index in [-0.39, 0.29) is 0 Å². The fourth-order valence-corrected chi connectivity index (χ4v) is 2.84. The molecule has 0 spiro atoms. The van der Waals surface area contributed by atoms with E-state index in [4.69, 9.17) is 9.47 Å². The molecule has 0 saturated heterocycles. The van der Waals surface area contributed by atoms with Crippen LogP contribution in [-0.2, 0) is 13.1 Å². The van der Waals surface area contributed by atoms with Crippen LogP contribution in [0.4, 0.5) is 0 Å². The molecule has 3 aromatic rings. The molecule has 3 heteroatoms. The Kier molecular flexibility index (Phi) is 3.41. The monoisotopic (exact) mass is 291 g/mol. The number of benzene rings is 3. The van der Waals surface area contributed by atoms with Crippen molar-refractivity contribution in [2.24, 2.45) is 0 Å². The summed E-state index contributed by atoms with van der Waals surface area (Å²) in [7, 11) is 0. The maximum atomic E-state index is 5.41. The molecule has 0 unspecified atom stereocenters. The average molecular weight is 291 g/mol. The van der Waals surface area contributed by atoms with Gasteiger partial charge in [-0.1, -0.05) is 48.5 Å². The van der Waals surface area contributed by atoms with Crippen molar-refractivity contribution < 1.29 is 9.47 Å². The summed E-state index contributed by atoms with van der Waals surface area (Å²) in [5.41, 5.74) is 2.52. The molecular weight excluding hydrogens is 274 g/mol. The highest BCUT2D eigenvalue weighted by molar-refractivity contribution is 5.85. The van der Waals surface area contributed by atoms with Crippen molar-refractivity contribution in [3.05, 3.63) is 71.8 Å². The highest BCUT2D eigenvalue weighted by atomic mass is 16.7. The lowest BCUT2D eigenvalue weighted by Gasteiger charge is -2.09. The second kappa shape index (κ2) is 5.70. The highest BCUT2D eigenvalue weighted by Gasteiger charge is 2.12. The van der Waals surface area contributed by atoms with E-state index in [0.29, 0.717) is 6.79 Å². The van der Waals surface area contributed by atoms with Crippen LogP contribution >= 0.6 is 0 Å². The van der Waals surface area contributed by atoms with Crippen molar-refractivity contribution in [3.8, 4) is 11.5 Å². The zero-order chi connectivity index (χ0) is 14.8. The predicted molar refractivity (Wildman–Crippen MR) is 87.1 cm³/mol. The lowest BCUT2D eigenvalue weighted by Crippen LogP contribution is -2.12. The first-order valence-corrected chi connectivity index (χ1v) is 7.46. The Morgan fingerprint density at radius 1 is 0.818 bits per heavy atom. The van der Waals surface area contributed by atoms with E-state index in [1.54, 1.807) is 0 Å². The van der Waals surface area contributed by atoms with E-state index in [1.165, 1.54) is 21.9 Å². The molecule has 1 aliphatic rings. The molecule has 0 saturated carbocycles. The van der Waals surface area contributed by atoms with Crippen molar-refractivity contribution >= 4 is 10.8 Å². The largest absolute Gasteiger partial charge is 0.454 e. The molecule has 22 heavy (non-hydrogen) atoms. The van der Waals surface area contributed by atoms with Gasteiger partial charge in [0.05, 0.1) is 0 Å². The Labute approximate surface area is 129 Å². The Hall–Kier alpha value is -2.52. The van der Waals surface area contributed by atoms with Gasteiger partial charge in [0.1, 0.15) is 0 Å². The van der Waals surface area contributed by atoms with Gasteiger partial charge in [-0.25, -0.2) is 0 Å². The minimum Gasteiger partial charge on any atom is -0.454 e. The van der Waals surface area contributed by atoms with Gasteiger partial charge in [-0.2, -0.15) is 0 Å². The van der Waals surface area contributed by atoms with E-state index in [1.807, 2.05) is 12.1 Å². The molecule has 3 aromatic carbocycles. The number of rotatable bonds is 4. The molecule has 1 heterocycles. The maximum Gasteiger partial charge on any atom is 0.231 e. The van der Waals surface area contributed by atoms with Gasteiger partial charge in [0.15, 0.2) is 11.5 Å². The first-order chi connectivity index (χ1) is 10.9. The summed E-state index contributed by atoms with van der Waals surface area (Å²) in [6.07, 6.45) is 0. The Balaban J connectivity index is 1.46. The standard InChI is InChI=1S/C19H17NO2/c1-2-7-17-15(4-1)5-3-6-16(17)12-20-11-14-8-9-18-19(10-14)22-13-21-18/h1-10,20H,11-13H2. The van der Waals surface area contributed by atoms with Gasteiger partial charge < -0.3 is 14.8 Å². The Morgan fingerprint density at radius 2 is 1.68 bits per heavy atom. The molecule has 1 N–H and O–H groups in total. The zero-order valence-electron chi connectivity index (χ0n) is 12.2. The van der Waals surface area contributed by atoms with Crippen molar-refractivity contribution in [1.82, 2.24) is 5.32 Å². The molecule has 0 aliphatic carbocycles. The van der Waals surface area contributed by atoms with E-state index in [9.17, 15) is 0 Å². The van der Waals surface area contributed by atoms with Crippen LogP contribution in [0.3, 0.4) is 0 Å². The van der Waals surface area contributed by atoms with Crippen molar-refractivity contribution in [2.75, 3.05) is 6.79 Å². The lowest BCUT2D eigenvalue weighted by molar-refractivity contribution is 0.174. The summed E-state index contributed by atoms with van der Waals surface area (Å²) < 4.78 is 10.7. The van der Waals surface area contributed by atoms with Crippen LogP contribution in [0, 0.1) is 0 Å². The smallest absolute Gasteiger partial charge is 0.231 e. The van der Waals surface area contributed by atoms with E-state index in [2.05, 4.69) is 53.8 Å². The number of ether oxygens (including phenoxy) is 2. The van der Waals surface area contributed by atoms with Gasteiger partial charge >= 0.3 is 0 Å². The predicted octanol–water partition coefficient (Wildman–Crippen LogP) is 3.86. The van der Waals surface area contributed by atoms with Gasteiger partial charge in [-0.3, -0.25) is 0 Å². The summed E-state index contributed by atoms with van der Waals surface area (Å²) in [6, 6.07) is 21.0. The van der Waals surface area contributed by atoms with Gasteiger partial charge in [-0.15, -0.1) is 0 Å². The third-order valence-corrected chi connectivity index (χ3v) is 3.96. The number of nitrogens with one attached hydrogen (secondary N) is 1. The number of fused-ring (bicyclic) bond motifs is 2. The molecule has 4 rings (SSSR count). The maximum absolute atomic E-state index is 5.41. The second-order valence-electron chi connectivity index (χ2n) is 5.43. The van der Waals surface area contributed by atoms with Crippen LogP contribution in [0.15, 0.2) is 60.7 Å². The number of hydrogen-bond acceptors (Lipinski definition) is 3. The summed E-state index contributed by atoms with van der Waals surface area (Å²) in [5.74, 6) is 1.67. The second-order valence-corrected chi connectivity index (χ2v) is 5.43. The zero-order valence-corrected chi connectivity index (χ0v) is 12.2. The molecule has 0 bridgehead atoms. The van der Waals surface area contributed by atoms with Gasteiger partial charge in [0.2, 0.25) is 6.79 Å². The third-order valence-electron chi connectivity index (χ3n) is 3.96. The molecule has 0 aromatic heterocycles. The lowest BCUT2D eigenvalue weighted by atomic mass is 10.0. The molecular formula is C19H17NO2. The summed E-state index contributed by atoms with van der Waals surface area (Å²) in [4.78, 5) is 0. The van der Waals surface area contributed by atoms with Crippen molar-refractivity contribution in [3.63, 3.8) is 0 Å². The van der Waals surface area contributed by atoms with Gasteiger partial charge in [-0.05, 0) is 34.0 Å². The van der Waals surface area contributed by atoms with Gasteiger partial charge in [0.25, 0.3) is 0 Å². The normalized spacial score (nSPS) is 12.7. The first kappa shape index (κ1) is 13.2. The fourth-order valence-electron chi connectivity index (χ4n) is 2.84. The quantitative estimate of drug-likeness (QED) is 0.792. The fraction of sp³-hybridized carbons (Fsp3) is 0.158. The molecule has 0 fully saturated rings. The van der Waals surface area contributed by atoms with Crippen LogP contribution in [0.2, 0.25) is 0 Å². The van der Waals surface area contributed by atoms with Crippen LogP contribution in [-0.4, -0.2) is 6.79 Å². The van der Waals surface area contributed by atoms with E-state index < -0.39 is 0 Å². The van der Waals surface area contributed by atoms with Crippen molar-refractivity contribution in [2.45, 2.75) is 13.1 Å². The average Bonchev–Trinajstić information content (AvgIpc) is 3.03. The van der Waals surface area contributed by atoms with Crippen molar-refractivity contribution in [1.29, 1.82) is 0 Å². The van der Waals surface area contributed by atoms with E-state index >= 15 is 0 Å². The summed E-state index contributed by atoms with van der Waals surface area (Å²) >= 11 is 0. The number of hydrogen-bond donors (Lipinski definition) is 1.